The van der Waals surface area contributed by atoms with Gasteiger partial charge < -0.3 is 4.74 Å². The lowest BCUT2D eigenvalue weighted by Crippen LogP contribution is -2.13. The molecule has 1 nitrogen and oxygen atoms in total. The van der Waals surface area contributed by atoms with Crippen LogP contribution in [0.25, 0.3) is 11.1 Å². The lowest BCUT2D eigenvalue weighted by molar-refractivity contribution is 0.296. The summed E-state index contributed by atoms with van der Waals surface area (Å²) in [6.45, 7) is 5.18. The third-order valence-electron chi connectivity index (χ3n) is 5.78. The van der Waals surface area contributed by atoms with E-state index in [1.165, 1.54) is 56.1 Å². The van der Waals surface area contributed by atoms with Crippen LogP contribution < -0.4 is 4.74 Å². The van der Waals surface area contributed by atoms with Gasteiger partial charge in [0.1, 0.15) is 5.75 Å². The van der Waals surface area contributed by atoms with Crippen LogP contribution in [0.1, 0.15) is 70.8 Å². The highest BCUT2D eigenvalue weighted by molar-refractivity contribution is 5.65. The van der Waals surface area contributed by atoms with E-state index in [4.69, 9.17) is 4.74 Å². The van der Waals surface area contributed by atoms with Crippen molar-refractivity contribution in [1.29, 1.82) is 0 Å². The van der Waals surface area contributed by atoms with Gasteiger partial charge in [0.05, 0.1) is 6.61 Å². The molecule has 28 heavy (non-hydrogen) atoms. The summed E-state index contributed by atoms with van der Waals surface area (Å²) in [6.07, 6.45) is 10.5. The third-order valence-corrected chi connectivity index (χ3v) is 5.78. The van der Waals surface area contributed by atoms with Crippen molar-refractivity contribution in [3.63, 3.8) is 0 Å². The highest BCUT2D eigenvalue weighted by Crippen LogP contribution is 2.31. The first-order valence-corrected chi connectivity index (χ1v) is 11.1. The van der Waals surface area contributed by atoms with Crippen LogP contribution in [-0.2, 0) is 0 Å². The molecule has 2 aromatic rings. The average Bonchev–Trinajstić information content (AvgIpc) is 2.76. The number of unbranched alkanes of at least 4 members (excludes halogenated alkanes) is 1. The van der Waals surface area contributed by atoms with Crippen molar-refractivity contribution in [2.24, 2.45) is 11.8 Å². The standard InChI is InChI=1S/C27H34O/c1-3-5-6-22-7-9-23(10-8-22)11-12-24-13-15-25(16-14-24)26-17-19-27(20-18-26)28-21-4-2/h13-20,22-23H,3-10,21H2,1-2H3/t22-,23-. The molecule has 1 fully saturated rings. The molecule has 1 aliphatic carbocycles. The molecule has 2 aromatic carbocycles. The zero-order valence-corrected chi connectivity index (χ0v) is 17.5. The van der Waals surface area contributed by atoms with Crippen LogP contribution >= 0.6 is 0 Å². The molecule has 148 valence electrons. The van der Waals surface area contributed by atoms with Crippen LogP contribution in [-0.4, -0.2) is 6.61 Å². The minimum Gasteiger partial charge on any atom is -0.494 e. The Balaban J connectivity index is 1.53. The lowest BCUT2D eigenvalue weighted by atomic mass is 9.80. The summed E-state index contributed by atoms with van der Waals surface area (Å²) in [6, 6.07) is 17.0. The Morgan fingerprint density at radius 2 is 1.46 bits per heavy atom. The fraction of sp³-hybridized carbons (Fsp3) is 0.481. The molecule has 0 unspecified atom stereocenters. The molecule has 1 heteroatoms. The van der Waals surface area contributed by atoms with Crippen molar-refractivity contribution in [3.05, 3.63) is 54.1 Å². The summed E-state index contributed by atoms with van der Waals surface area (Å²) in [4.78, 5) is 0. The molecular weight excluding hydrogens is 340 g/mol. The number of hydrogen-bond acceptors (Lipinski definition) is 1. The van der Waals surface area contributed by atoms with E-state index in [1.807, 2.05) is 0 Å². The van der Waals surface area contributed by atoms with Crippen molar-refractivity contribution < 1.29 is 4.74 Å². The highest BCUT2D eigenvalue weighted by atomic mass is 16.5. The van der Waals surface area contributed by atoms with E-state index in [9.17, 15) is 0 Å². The molecular formula is C27H34O. The highest BCUT2D eigenvalue weighted by Gasteiger charge is 2.19. The van der Waals surface area contributed by atoms with Crippen molar-refractivity contribution in [2.75, 3.05) is 6.61 Å². The fourth-order valence-corrected chi connectivity index (χ4v) is 3.98. The van der Waals surface area contributed by atoms with Gasteiger partial charge in [0.25, 0.3) is 0 Å². The number of rotatable bonds is 7. The normalized spacial score (nSPS) is 18.9. The Kier molecular flexibility index (Phi) is 8.04. The smallest absolute Gasteiger partial charge is 0.119 e. The van der Waals surface area contributed by atoms with Gasteiger partial charge in [-0.3, -0.25) is 0 Å². The quantitative estimate of drug-likeness (QED) is 0.456. The Labute approximate surface area is 171 Å². The summed E-state index contributed by atoms with van der Waals surface area (Å²) in [5.41, 5.74) is 3.57. The van der Waals surface area contributed by atoms with Gasteiger partial charge in [-0.2, -0.15) is 0 Å². The maximum Gasteiger partial charge on any atom is 0.119 e. The summed E-state index contributed by atoms with van der Waals surface area (Å²) >= 11 is 0. The minimum absolute atomic E-state index is 0.591. The van der Waals surface area contributed by atoms with Crippen molar-refractivity contribution >= 4 is 0 Å². The van der Waals surface area contributed by atoms with Gasteiger partial charge in [-0.25, -0.2) is 0 Å². The number of hydrogen-bond donors (Lipinski definition) is 0. The predicted octanol–water partition coefficient (Wildman–Crippen LogP) is 7.49. The van der Waals surface area contributed by atoms with Crippen molar-refractivity contribution in [2.45, 2.75) is 65.2 Å². The third kappa shape index (κ3) is 6.16. The molecule has 3 rings (SSSR count). The molecule has 0 radical (unpaired) electrons. The topological polar surface area (TPSA) is 9.23 Å². The molecule has 0 heterocycles. The largest absolute Gasteiger partial charge is 0.494 e. The number of ether oxygens (including phenoxy) is 1. The average molecular weight is 375 g/mol. The van der Waals surface area contributed by atoms with Crippen LogP contribution in [0.4, 0.5) is 0 Å². The summed E-state index contributed by atoms with van der Waals surface area (Å²) in [5.74, 6) is 9.44. The maximum absolute atomic E-state index is 5.66. The molecule has 1 aliphatic rings. The second-order valence-electron chi connectivity index (χ2n) is 8.08. The van der Waals surface area contributed by atoms with E-state index >= 15 is 0 Å². The fourth-order valence-electron chi connectivity index (χ4n) is 3.98. The SMILES string of the molecule is CCCC[C@H]1CC[C@H](C#Cc2ccc(-c3ccc(OCCC)cc3)cc2)CC1. The van der Waals surface area contributed by atoms with Gasteiger partial charge >= 0.3 is 0 Å². The first-order chi connectivity index (χ1) is 13.8. The minimum atomic E-state index is 0.591. The van der Waals surface area contributed by atoms with Gasteiger partial charge in [0, 0.05) is 11.5 Å². The Hall–Kier alpha value is -2.20. The molecule has 0 amide bonds. The molecule has 0 N–H and O–H groups in total. The van der Waals surface area contributed by atoms with Crippen molar-refractivity contribution in [1.82, 2.24) is 0 Å². The molecule has 0 bridgehead atoms. The predicted molar refractivity (Wildman–Crippen MR) is 120 cm³/mol. The van der Waals surface area contributed by atoms with Gasteiger partial charge in [-0.1, -0.05) is 69.2 Å². The van der Waals surface area contributed by atoms with E-state index in [2.05, 4.69) is 74.2 Å². The lowest BCUT2D eigenvalue weighted by Gasteiger charge is -2.25. The van der Waals surface area contributed by atoms with Crippen LogP contribution in [0.5, 0.6) is 5.75 Å². The maximum atomic E-state index is 5.66. The zero-order valence-electron chi connectivity index (χ0n) is 17.5. The van der Waals surface area contributed by atoms with Gasteiger partial charge in [-0.15, -0.1) is 0 Å². The molecule has 1 saturated carbocycles. The molecule has 0 atom stereocenters. The second kappa shape index (κ2) is 11.0. The first-order valence-electron chi connectivity index (χ1n) is 11.1. The molecule has 0 saturated heterocycles. The summed E-state index contributed by atoms with van der Waals surface area (Å²) in [7, 11) is 0. The van der Waals surface area contributed by atoms with E-state index in [0.717, 1.165) is 30.3 Å². The zero-order chi connectivity index (χ0) is 19.6. The van der Waals surface area contributed by atoms with E-state index in [-0.39, 0.29) is 0 Å². The number of benzene rings is 2. The van der Waals surface area contributed by atoms with Crippen molar-refractivity contribution in [3.8, 4) is 28.7 Å². The van der Waals surface area contributed by atoms with E-state index in [1.54, 1.807) is 0 Å². The van der Waals surface area contributed by atoms with Crippen LogP contribution in [0, 0.1) is 23.7 Å². The Morgan fingerprint density at radius 3 is 2.07 bits per heavy atom. The molecule has 0 aromatic heterocycles. The summed E-state index contributed by atoms with van der Waals surface area (Å²) < 4.78 is 5.66. The molecule has 0 aliphatic heterocycles. The summed E-state index contributed by atoms with van der Waals surface area (Å²) in [5, 5.41) is 0. The first kappa shape index (κ1) is 20.5. The van der Waals surface area contributed by atoms with E-state index < -0.39 is 0 Å². The van der Waals surface area contributed by atoms with Crippen LogP contribution in [0.3, 0.4) is 0 Å². The van der Waals surface area contributed by atoms with Gasteiger partial charge in [-0.05, 0) is 73.4 Å². The molecule has 0 spiro atoms. The Bertz CT molecular complexity index is 753. The van der Waals surface area contributed by atoms with Crippen LogP contribution in [0.2, 0.25) is 0 Å². The van der Waals surface area contributed by atoms with Gasteiger partial charge in [0.2, 0.25) is 0 Å². The second-order valence-corrected chi connectivity index (χ2v) is 8.08. The monoisotopic (exact) mass is 374 g/mol. The van der Waals surface area contributed by atoms with Gasteiger partial charge in [0.15, 0.2) is 0 Å². The van der Waals surface area contributed by atoms with Crippen LogP contribution in [0.15, 0.2) is 48.5 Å². The van der Waals surface area contributed by atoms with E-state index in [0.29, 0.717) is 5.92 Å². The Morgan fingerprint density at radius 1 is 0.821 bits per heavy atom.